The fourth-order valence-electron chi connectivity index (χ4n) is 2.52. The lowest BCUT2D eigenvalue weighted by Crippen LogP contribution is -2.27. The predicted molar refractivity (Wildman–Crippen MR) is 102 cm³/mol. The van der Waals surface area contributed by atoms with Crippen molar-refractivity contribution in [3.8, 4) is 11.3 Å². The fourth-order valence-corrected chi connectivity index (χ4v) is 3.06. The van der Waals surface area contributed by atoms with E-state index >= 15 is 0 Å². The highest BCUT2D eigenvalue weighted by Gasteiger charge is 2.22. The van der Waals surface area contributed by atoms with Crippen LogP contribution in [0.1, 0.15) is 20.8 Å². The van der Waals surface area contributed by atoms with Gasteiger partial charge in [0, 0.05) is 8.96 Å². The van der Waals surface area contributed by atoms with Crippen molar-refractivity contribution >= 4 is 39.6 Å². The molecule has 4 heteroatoms. The third-order valence-corrected chi connectivity index (χ3v) is 4.08. The number of hydrogen-bond acceptors (Lipinski definition) is 2. The molecule has 2 aromatic carbocycles. The van der Waals surface area contributed by atoms with Gasteiger partial charge in [-0.1, -0.05) is 30.3 Å². The summed E-state index contributed by atoms with van der Waals surface area (Å²) in [5.74, 6) is 0. The van der Waals surface area contributed by atoms with Crippen LogP contribution in [0.5, 0.6) is 0 Å². The smallest absolute Gasteiger partial charge is 0.419 e. The minimum absolute atomic E-state index is 0.354. The summed E-state index contributed by atoms with van der Waals surface area (Å²) in [6.45, 7) is 5.63. The summed E-state index contributed by atoms with van der Waals surface area (Å²) in [6, 6.07) is 18.0. The van der Waals surface area contributed by atoms with Gasteiger partial charge in [-0.2, -0.15) is 0 Å². The van der Waals surface area contributed by atoms with E-state index in [-0.39, 0.29) is 6.09 Å². The maximum Gasteiger partial charge on any atom is 0.419 e. The first-order chi connectivity index (χ1) is 10.8. The Morgan fingerprint density at radius 1 is 1.04 bits per heavy atom. The van der Waals surface area contributed by atoms with Crippen LogP contribution in [0.15, 0.2) is 54.6 Å². The van der Waals surface area contributed by atoms with Crippen molar-refractivity contribution in [2.45, 2.75) is 26.4 Å². The second-order valence-corrected chi connectivity index (χ2v) is 7.66. The number of para-hydroxylation sites is 1. The Bertz CT molecular complexity index is 874. The number of ether oxygens (including phenoxy) is 1. The van der Waals surface area contributed by atoms with Crippen molar-refractivity contribution in [2.75, 3.05) is 0 Å². The number of halogens is 1. The molecular formula is C19H18INO2. The summed E-state index contributed by atoms with van der Waals surface area (Å²) >= 11 is 2.28. The molecule has 0 aliphatic heterocycles. The van der Waals surface area contributed by atoms with E-state index in [9.17, 15) is 4.79 Å². The summed E-state index contributed by atoms with van der Waals surface area (Å²) in [4.78, 5) is 12.8. The molecule has 0 spiro atoms. The van der Waals surface area contributed by atoms with Gasteiger partial charge in [0.1, 0.15) is 5.60 Å². The van der Waals surface area contributed by atoms with Crippen LogP contribution in [-0.4, -0.2) is 16.3 Å². The summed E-state index contributed by atoms with van der Waals surface area (Å²) in [5.41, 5.74) is 2.17. The molecule has 0 saturated carbocycles. The Morgan fingerprint density at radius 3 is 2.48 bits per heavy atom. The molecule has 0 fully saturated rings. The molecule has 0 bridgehead atoms. The Labute approximate surface area is 149 Å². The lowest BCUT2D eigenvalue weighted by molar-refractivity contribution is 0.0547. The minimum atomic E-state index is -0.537. The molecule has 0 saturated heterocycles. The minimum Gasteiger partial charge on any atom is -0.443 e. The maximum absolute atomic E-state index is 12.8. The zero-order valence-electron chi connectivity index (χ0n) is 13.3. The number of hydrogen-bond donors (Lipinski definition) is 0. The van der Waals surface area contributed by atoms with E-state index < -0.39 is 5.60 Å². The van der Waals surface area contributed by atoms with Gasteiger partial charge in [-0.25, -0.2) is 9.36 Å². The molecule has 1 heterocycles. The zero-order valence-corrected chi connectivity index (χ0v) is 15.5. The van der Waals surface area contributed by atoms with E-state index in [4.69, 9.17) is 4.74 Å². The molecule has 0 N–H and O–H groups in total. The molecular weight excluding hydrogens is 401 g/mol. The van der Waals surface area contributed by atoms with Crippen molar-refractivity contribution in [2.24, 2.45) is 0 Å². The largest absolute Gasteiger partial charge is 0.443 e. The molecule has 0 aliphatic carbocycles. The van der Waals surface area contributed by atoms with Crippen LogP contribution in [0.3, 0.4) is 0 Å². The lowest BCUT2D eigenvalue weighted by atomic mass is 10.1. The first-order valence-corrected chi connectivity index (χ1v) is 8.53. The molecule has 118 valence electrons. The van der Waals surface area contributed by atoms with E-state index in [1.54, 1.807) is 4.57 Å². The molecule has 0 aliphatic rings. The van der Waals surface area contributed by atoms with Gasteiger partial charge in [0.25, 0.3) is 0 Å². The number of carbonyl (C=O) groups excluding carboxylic acids is 1. The van der Waals surface area contributed by atoms with Crippen LogP contribution in [0.2, 0.25) is 0 Å². The van der Waals surface area contributed by atoms with Crippen LogP contribution in [0.25, 0.3) is 22.2 Å². The molecule has 3 rings (SSSR count). The molecule has 0 radical (unpaired) electrons. The van der Waals surface area contributed by atoms with Crippen molar-refractivity contribution in [3.05, 3.63) is 58.2 Å². The Kier molecular flexibility index (Phi) is 4.19. The molecule has 3 nitrogen and oxygen atoms in total. The average molecular weight is 419 g/mol. The van der Waals surface area contributed by atoms with Gasteiger partial charge in [0.05, 0.1) is 11.2 Å². The van der Waals surface area contributed by atoms with Gasteiger partial charge >= 0.3 is 6.09 Å². The highest BCUT2D eigenvalue weighted by molar-refractivity contribution is 14.1. The molecule has 0 atom stereocenters. The van der Waals surface area contributed by atoms with Crippen molar-refractivity contribution < 1.29 is 9.53 Å². The molecule has 0 unspecified atom stereocenters. The number of carbonyl (C=O) groups is 1. The lowest BCUT2D eigenvalue weighted by Gasteiger charge is -2.21. The van der Waals surface area contributed by atoms with Crippen LogP contribution in [-0.2, 0) is 4.74 Å². The normalized spacial score (nSPS) is 11.7. The van der Waals surface area contributed by atoms with Crippen molar-refractivity contribution in [1.82, 2.24) is 4.57 Å². The summed E-state index contributed by atoms with van der Waals surface area (Å²) in [6.07, 6.45) is -0.354. The summed E-state index contributed by atoms with van der Waals surface area (Å²) in [7, 11) is 0. The van der Waals surface area contributed by atoms with Crippen LogP contribution >= 0.6 is 22.6 Å². The standard InChI is InChI=1S/C19H18INO2/c1-19(2,3)23-18(22)21-16-10-5-4-7-14(16)12-17(21)13-8-6-9-15(20)11-13/h4-12H,1-3H3. The van der Waals surface area contributed by atoms with Gasteiger partial charge < -0.3 is 4.74 Å². The number of rotatable bonds is 1. The monoisotopic (exact) mass is 419 g/mol. The maximum atomic E-state index is 12.8. The second-order valence-electron chi connectivity index (χ2n) is 6.41. The number of benzene rings is 2. The highest BCUT2D eigenvalue weighted by atomic mass is 127. The van der Waals surface area contributed by atoms with E-state index in [1.165, 1.54) is 0 Å². The van der Waals surface area contributed by atoms with Crippen molar-refractivity contribution in [3.63, 3.8) is 0 Å². The molecule has 3 aromatic rings. The topological polar surface area (TPSA) is 31.2 Å². The fraction of sp³-hybridized carbons (Fsp3) is 0.211. The third-order valence-electron chi connectivity index (χ3n) is 3.41. The first kappa shape index (κ1) is 16.1. The van der Waals surface area contributed by atoms with E-state index in [2.05, 4.69) is 28.7 Å². The molecule has 1 aromatic heterocycles. The predicted octanol–water partition coefficient (Wildman–Crippen LogP) is 5.70. The van der Waals surface area contributed by atoms with Gasteiger partial charge in [0.2, 0.25) is 0 Å². The summed E-state index contributed by atoms with van der Waals surface area (Å²) in [5, 5.41) is 1.02. The Morgan fingerprint density at radius 2 is 1.78 bits per heavy atom. The first-order valence-electron chi connectivity index (χ1n) is 7.45. The Hall–Kier alpha value is -1.82. The SMILES string of the molecule is CC(C)(C)OC(=O)n1c(-c2cccc(I)c2)cc2ccccc21. The van der Waals surface area contributed by atoms with Crippen molar-refractivity contribution in [1.29, 1.82) is 0 Å². The second kappa shape index (κ2) is 6.00. The zero-order chi connectivity index (χ0) is 16.6. The van der Waals surface area contributed by atoms with E-state index in [0.717, 1.165) is 25.7 Å². The molecule has 0 amide bonds. The van der Waals surface area contributed by atoms with Crippen LogP contribution in [0, 0.1) is 3.57 Å². The highest BCUT2D eigenvalue weighted by Crippen LogP contribution is 2.30. The average Bonchev–Trinajstić information content (AvgIpc) is 2.85. The van der Waals surface area contributed by atoms with Gasteiger partial charge in [-0.05, 0) is 73.2 Å². The third kappa shape index (κ3) is 3.42. The Balaban J connectivity index is 2.21. The van der Waals surface area contributed by atoms with E-state index in [0.29, 0.717) is 0 Å². The summed E-state index contributed by atoms with van der Waals surface area (Å²) < 4.78 is 8.39. The van der Waals surface area contributed by atoms with Gasteiger partial charge in [-0.15, -0.1) is 0 Å². The molecule has 23 heavy (non-hydrogen) atoms. The number of aromatic nitrogens is 1. The van der Waals surface area contributed by atoms with Crippen LogP contribution < -0.4 is 0 Å². The number of fused-ring (bicyclic) bond motifs is 1. The number of nitrogens with zero attached hydrogens (tertiary/aromatic N) is 1. The van der Waals surface area contributed by atoms with Gasteiger partial charge in [-0.3, -0.25) is 0 Å². The van der Waals surface area contributed by atoms with E-state index in [1.807, 2.05) is 69.3 Å². The van der Waals surface area contributed by atoms with Gasteiger partial charge in [0.15, 0.2) is 0 Å². The quantitative estimate of drug-likeness (QED) is 0.474. The van der Waals surface area contributed by atoms with Crippen LogP contribution in [0.4, 0.5) is 4.79 Å².